The van der Waals surface area contributed by atoms with Crippen LogP contribution >= 0.6 is 0 Å². The fraction of sp³-hybridized carbons (Fsp3) is 0.130. The first-order valence-corrected chi connectivity index (χ1v) is 17.0. The molecule has 0 bridgehead atoms. The van der Waals surface area contributed by atoms with Gasteiger partial charge in [0, 0.05) is 27.6 Å². The number of rotatable bonds is 4. The van der Waals surface area contributed by atoms with Gasteiger partial charge in [0.05, 0.1) is 22.7 Å². The van der Waals surface area contributed by atoms with E-state index in [1.807, 2.05) is 0 Å². The van der Waals surface area contributed by atoms with E-state index in [1.54, 1.807) is 0 Å². The molecule has 0 spiro atoms. The van der Waals surface area contributed by atoms with E-state index in [0.717, 1.165) is 11.4 Å². The highest BCUT2D eigenvalue weighted by Gasteiger charge is 2.45. The van der Waals surface area contributed by atoms with Gasteiger partial charge in [0.15, 0.2) is 0 Å². The minimum atomic E-state index is -0.159. The predicted octanol–water partition coefficient (Wildman–Crippen LogP) is 12.7. The maximum Gasteiger partial charge on any atom is 0.0543 e. The molecule has 0 atom stereocenters. The molecule has 2 aliphatic heterocycles. The van der Waals surface area contributed by atoms with Gasteiger partial charge in [0.1, 0.15) is 0 Å². The molecule has 2 heterocycles. The quantitative estimate of drug-likeness (QED) is 0.194. The molecule has 232 valence electrons. The Hall–Kier alpha value is -5.60. The second-order valence-electron chi connectivity index (χ2n) is 14.3. The highest BCUT2D eigenvalue weighted by Crippen LogP contribution is 2.60. The zero-order valence-electron chi connectivity index (χ0n) is 27.9. The highest BCUT2D eigenvalue weighted by molar-refractivity contribution is 5.99. The molecule has 0 fully saturated rings. The summed E-state index contributed by atoms with van der Waals surface area (Å²) >= 11 is 0. The molecule has 9 rings (SSSR count). The van der Waals surface area contributed by atoms with Crippen molar-refractivity contribution in [1.29, 1.82) is 0 Å². The Morgan fingerprint density at radius 2 is 1.00 bits per heavy atom. The number of fused-ring (bicyclic) bond motifs is 5. The third kappa shape index (κ3) is 4.12. The van der Waals surface area contributed by atoms with Crippen LogP contribution in [-0.4, -0.2) is 0 Å². The van der Waals surface area contributed by atoms with Crippen molar-refractivity contribution in [3.63, 3.8) is 0 Å². The van der Waals surface area contributed by atoms with Gasteiger partial charge in [0.25, 0.3) is 0 Å². The SMILES string of the molecule is CC1(C)c2ccccc2N2c3ccc(-c4ccc(N(c5ccccc5)c5cccc6ccccc56)cc4)cc3C(C)(C)c3cccc1c32. The molecule has 2 heteroatoms. The van der Waals surface area contributed by atoms with E-state index < -0.39 is 0 Å². The van der Waals surface area contributed by atoms with Crippen LogP contribution in [0.5, 0.6) is 0 Å². The van der Waals surface area contributed by atoms with Gasteiger partial charge < -0.3 is 9.80 Å². The van der Waals surface area contributed by atoms with Crippen LogP contribution in [0.4, 0.5) is 34.1 Å². The third-order valence-electron chi connectivity index (χ3n) is 10.8. The summed E-state index contributed by atoms with van der Waals surface area (Å²) in [6, 6.07) is 57.9. The Bertz CT molecular complexity index is 2340. The maximum atomic E-state index is 2.53. The smallest absolute Gasteiger partial charge is 0.0543 e. The normalized spacial score (nSPS) is 15.0. The average molecular weight is 619 g/mol. The van der Waals surface area contributed by atoms with E-state index in [9.17, 15) is 0 Å². The van der Waals surface area contributed by atoms with Crippen molar-refractivity contribution >= 4 is 44.9 Å². The van der Waals surface area contributed by atoms with E-state index in [2.05, 4.69) is 195 Å². The van der Waals surface area contributed by atoms with E-state index >= 15 is 0 Å². The molecule has 0 aliphatic carbocycles. The molecule has 0 N–H and O–H groups in total. The van der Waals surface area contributed by atoms with Crippen LogP contribution in [0.25, 0.3) is 21.9 Å². The summed E-state index contributed by atoms with van der Waals surface area (Å²) in [6.07, 6.45) is 0. The minimum absolute atomic E-state index is 0.0760. The summed E-state index contributed by atoms with van der Waals surface area (Å²) in [6.45, 7) is 9.52. The standard InChI is InChI=1S/C46H38N2/c1-45(2)37-19-10-11-22-42(37)48-43-29-26-33(30-40(43)46(3,4)39-21-13-20-38(45)44(39)48)31-24-27-35(28-25-31)47(34-16-6-5-7-17-34)41-23-12-15-32-14-8-9-18-36(32)41/h5-30H,1-4H3. The predicted molar refractivity (Wildman–Crippen MR) is 203 cm³/mol. The van der Waals surface area contributed by atoms with Crippen LogP contribution in [0.2, 0.25) is 0 Å². The first kappa shape index (κ1) is 28.6. The topological polar surface area (TPSA) is 6.48 Å². The zero-order valence-corrected chi connectivity index (χ0v) is 27.9. The molecule has 7 aromatic rings. The summed E-state index contributed by atoms with van der Waals surface area (Å²) in [7, 11) is 0. The number of anilines is 6. The fourth-order valence-electron chi connectivity index (χ4n) is 8.27. The molecular formula is C46H38N2. The Kier molecular flexibility index (Phi) is 6.23. The van der Waals surface area contributed by atoms with Crippen molar-refractivity contribution in [2.24, 2.45) is 0 Å². The number of nitrogens with zero attached hydrogens (tertiary/aromatic N) is 2. The lowest BCUT2D eigenvalue weighted by Gasteiger charge is -2.49. The Balaban J connectivity index is 1.16. The van der Waals surface area contributed by atoms with Crippen molar-refractivity contribution in [2.75, 3.05) is 9.80 Å². The van der Waals surface area contributed by atoms with Gasteiger partial charge >= 0.3 is 0 Å². The zero-order chi connectivity index (χ0) is 32.6. The molecule has 0 saturated carbocycles. The lowest BCUT2D eigenvalue weighted by atomic mass is 9.66. The van der Waals surface area contributed by atoms with Crippen molar-refractivity contribution < 1.29 is 0 Å². The highest BCUT2D eigenvalue weighted by atomic mass is 15.2. The molecule has 0 radical (unpaired) electrons. The number of hydrogen-bond acceptors (Lipinski definition) is 2. The van der Waals surface area contributed by atoms with Gasteiger partial charge in [-0.05, 0) is 87.3 Å². The summed E-state index contributed by atoms with van der Waals surface area (Å²) in [5.74, 6) is 0. The Morgan fingerprint density at radius 3 is 1.79 bits per heavy atom. The molecule has 0 aromatic heterocycles. The molecule has 48 heavy (non-hydrogen) atoms. The van der Waals surface area contributed by atoms with Crippen molar-refractivity contribution in [2.45, 2.75) is 38.5 Å². The number of hydrogen-bond donors (Lipinski definition) is 0. The lowest BCUT2D eigenvalue weighted by Crippen LogP contribution is -2.38. The largest absolute Gasteiger partial charge is 0.310 e. The van der Waals surface area contributed by atoms with E-state index in [-0.39, 0.29) is 10.8 Å². The van der Waals surface area contributed by atoms with Gasteiger partial charge in [-0.1, -0.05) is 137 Å². The molecule has 2 nitrogen and oxygen atoms in total. The van der Waals surface area contributed by atoms with Crippen LogP contribution in [0.3, 0.4) is 0 Å². The van der Waals surface area contributed by atoms with Crippen molar-refractivity contribution in [3.8, 4) is 11.1 Å². The average Bonchev–Trinajstić information content (AvgIpc) is 3.12. The van der Waals surface area contributed by atoms with Gasteiger partial charge in [-0.2, -0.15) is 0 Å². The molecule has 0 unspecified atom stereocenters. The van der Waals surface area contributed by atoms with Gasteiger partial charge in [-0.25, -0.2) is 0 Å². The second kappa shape index (κ2) is 10.5. The minimum Gasteiger partial charge on any atom is -0.310 e. The van der Waals surface area contributed by atoms with Crippen LogP contribution in [-0.2, 0) is 10.8 Å². The summed E-state index contributed by atoms with van der Waals surface area (Å²) in [4.78, 5) is 4.90. The molecule has 0 amide bonds. The van der Waals surface area contributed by atoms with Crippen LogP contribution in [0.1, 0.15) is 49.9 Å². The fourth-order valence-corrected chi connectivity index (χ4v) is 8.27. The van der Waals surface area contributed by atoms with Crippen LogP contribution < -0.4 is 9.80 Å². The molecule has 7 aromatic carbocycles. The summed E-state index contributed by atoms with van der Waals surface area (Å²) in [5, 5.41) is 2.47. The van der Waals surface area contributed by atoms with Gasteiger partial charge in [0.2, 0.25) is 0 Å². The Labute approximate surface area is 283 Å². The first-order chi connectivity index (χ1) is 23.3. The van der Waals surface area contributed by atoms with Crippen molar-refractivity contribution in [1.82, 2.24) is 0 Å². The van der Waals surface area contributed by atoms with E-state index in [4.69, 9.17) is 0 Å². The maximum absolute atomic E-state index is 2.53. The first-order valence-electron chi connectivity index (χ1n) is 17.0. The third-order valence-corrected chi connectivity index (χ3v) is 10.8. The summed E-state index contributed by atoms with van der Waals surface area (Å²) in [5.41, 5.74) is 15.1. The lowest BCUT2D eigenvalue weighted by molar-refractivity contribution is 0.597. The van der Waals surface area contributed by atoms with Gasteiger partial charge in [-0.15, -0.1) is 0 Å². The van der Waals surface area contributed by atoms with Crippen LogP contribution in [0, 0.1) is 0 Å². The molecular weight excluding hydrogens is 581 g/mol. The monoisotopic (exact) mass is 618 g/mol. The Morgan fingerprint density at radius 1 is 0.438 bits per heavy atom. The number of benzene rings is 7. The van der Waals surface area contributed by atoms with Crippen molar-refractivity contribution in [3.05, 3.63) is 180 Å². The number of para-hydroxylation sites is 3. The van der Waals surface area contributed by atoms with E-state index in [1.165, 1.54) is 66.9 Å². The second-order valence-corrected chi connectivity index (χ2v) is 14.3. The molecule has 2 aliphatic rings. The molecule has 0 saturated heterocycles. The van der Waals surface area contributed by atoms with Gasteiger partial charge in [-0.3, -0.25) is 0 Å². The summed E-state index contributed by atoms with van der Waals surface area (Å²) < 4.78 is 0. The van der Waals surface area contributed by atoms with E-state index in [0.29, 0.717) is 0 Å². The van der Waals surface area contributed by atoms with Crippen LogP contribution in [0.15, 0.2) is 158 Å².